The fourth-order valence-electron chi connectivity index (χ4n) is 3.06. The van der Waals surface area contributed by atoms with Gasteiger partial charge in [-0.2, -0.15) is 0 Å². The molecule has 1 N–H and O–H groups in total. The summed E-state index contributed by atoms with van der Waals surface area (Å²) in [7, 11) is 0. The number of Topliss-reactive ketones (excluding diaryl/α,β-unsaturated/α-hetero) is 1. The van der Waals surface area contributed by atoms with Crippen LogP contribution in [0.25, 0.3) is 5.69 Å². The predicted octanol–water partition coefficient (Wildman–Crippen LogP) is 4.59. The lowest BCUT2D eigenvalue weighted by molar-refractivity contribution is 0.102. The van der Waals surface area contributed by atoms with E-state index in [4.69, 9.17) is 0 Å². The van der Waals surface area contributed by atoms with Crippen LogP contribution in [-0.2, 0) is 6.42 Å². The van der Waals surface area contributed by atoms with Gasteiger partial charge in [0.25, 0.3) is 0 Å². The molecular formula is C20H23FN4OS. The van der Waals surface area contributed by atoms with E-state index in [1.807, 2.05) is 30.5 Å². The van der Waals surface area contributed by atoms with Gasteiger partial charge in [0, 0.05) is 29.1 Å². The van der Waals surface area contributed by atoms with Crippen LogP contribution in [0.1, 0.15) is 46.5 Å². The summed E-state index contributed by atoms with van der Waals surface area (Å²) in [6.45, 7) is 7.61. The van der Waals surface area contributed by atoms with Crippen LogP contribution in [0.15, 0.2) is 29.4 Å². The van der Waals surface area contributed by atoms with E-state index in [1.165, 1.54) is 17.8 Å². The number of hydrogen-bond acceptors (Lipinski definition) is 4. The molecule has 1 aromatic carbocycles. The summed E-state index contributed by atoms with van der Waals surface area (Å²) in [5.41, 5.74) is 3.67. The summed E-state index contributed by atoms with van der Waals surface area (Å²) in [6.07, 6.45) is 1.83. The van der Waals surface area contributed by atoms with Crippen LogP contribution in [0.2, 0.25) is 0 Å². The third kappa shape index (κ3) is 4.13. The van der Waals surface area contributed by atoms with E-state index in [0.29, 0.717) is 16.3 Å². The normalized spacial score (nSPS) is 11.1. The number of aryl methyl sites for hydroxylation is 3. The number of rotatable bonds is 7. The van der Waals surface area contributed by atoms with Crippen molar-refractivity contribution < 1.29 is 9.18 Å². The summed E-state index contributed by atoms with van der Waals surface area (Å²) in [4.78, 5) is 17.1. The highest BCUT2D eigenvalue weighted by Crippen LogP contribution is 2.24. The standard InChI is InChI=1S/C20H23FN4OS/c1-5-6-19-22-20(24-23-19)27-11-18(26)16-9-13(3)25(14(16)4)15-8-7-12(2)17(21)10-15/h7-10H,5-6,11H2,1-4H3,(H,22,23,24). The van der Waals surface area contributed by atoms with Crippen LogP contribution < -0.4 is 0 Å². The molecule has 2 aromatic heterocycles. The summed E-state index contributed by atoms with van der Waals surface area (Å²) < 4.78 is 15.9. The number of carbonyl (C=O) groups is 1. The molecule has 0 aliphatic heterocycles. The molecule has 142 valence electrons. The zero-order chi connectivity index (χ0) is 19.6. The number of thioether (sulfide) groups is 1. The lowest BCUT2D eigenvalue weighted by Crippen LogP contribution is -2.06. The van der Waals surface area contributed by atoms with Crippen LogP contribution in [0.4, 0.5) is 4.39 Å². The molecule has 0 amide bonds. The van der Waals surface area contributed by atoms with Gasteiger partial charge in [0.05, 0.1) is 5.75 Å². The molecule has 7 heteroatoms. The summed E-state index contributed by atoms with van der Waals surface area (Å²) >= 11 is 1.32. The molecular weight excluding hydrogens is 363 g/mol. The van der Waals surface area contributed by atoms with Gasteiger partial charge >= 0.3 is 0 Å². The van der Waals surface area contributed by atoms with Gasteiger partial charge in [0.1, 0.15) is 11.6 Å². The lowest BCUT2D eigenvalue weighted by Gasteiger charge is -2.11. The first-order valence-corrected chi connectivity index (χ1v) is 9.92. The van der Waals surface area contributed by atoms with Crippen molar-refractivity contribution in [3.63, 3.8) is 0 Å². The SMILES string of the molecule is CCCc1nc(SCC(=O)c2cc(C)n(-c3ccc(C)c(F)c3)c2C)n[nH]1. The molecule has 27 heavy (non-hydrogen) atoms. The quantitative estimate of drug-likeness (QED) is 0.477. The average molecular weight is 386 g/mol. The van der Waals surface area contributed by atoms with E-state index in [1.54, 1.807) is 13.0 Å². The highest BCUT2D eigenvalue weighted by molar-refractivity contribution is 7.99. The first kappa shape index (κ1) is 19.4. The van der Waals surface area contributed by atoms with Crippen molar-refractivity contribution >= 4 is 17.5 Å². The minimum Gasteiger partial charge on any atom is -0.318 e. The van der Waals surface area contributed by atoms with E-state index in [0.717, 1.165) is 35.7 Å². The Bertz CT molecular complexity index is 977. The largest absolute Gasteiger partial charge is 0.318 e. The summed E-state index contributed by atoms with van der Waals surface area (Å²) in [6, 6.07) is 6.97. The van der Waals surface area contributed by atoms with Crippen molar-refractivity contribution in [3.8, 4) is 5.69 Å². The Labute approximate surface area is 162 Å². The number of carbonyl (C=O) groups excluding carboxylic acids is 1. The fourth-order valence-corrected chi connectivity index (χ4v) is 3.76. The zero-order valence-corrected chi connectivity index (χ0v) is 16.8. The molecule has 0 radical (unpaired) electrons. The Morgan fingerprint density at radius 2 is 2.04 bits per heavy atom. The second-order valence-corrected chi connectivity index (χ2v) is 7.52. The van der Waals surface area contributed by atoms with Crippen molar-refractivity contribution in [1.82, 2.24) is 19.7 Å². The monoisotopic (exact) mass is 386 g/mol. The van der Waals surface area contributed by atoms with Gasteiger partial charge in [-0.1, -0.05) is 24.8 Å². The summed E-state index contributed by atoms with van der Waals surface area (Å²) in [5.74, 6) is 0.854. The maximum absolute atomic E-state index is 14.0. The molecule has 0 fully saturated rings. The van der Waals surface area contributed by atoms with Gasteiger partial charge in [-0.15, -0.1) is 5.10 Å². The van der Waals surface area contributed by atoms with Crippen LogP contribution in [-0.4, -0.2) is 31.3 Å². The van der Waals surface area contributed by atoms with Gasteiger partial charge < -0.3 is 4.57 Å². The number of H-pyrrole nitrogens is 1. The molecule has 0 unspecified atom stereocenters. The topological polar surface area (TPSA) is 63.6 Å². The van der Waals surface area contributed by atoms with E-state index in [9.17, 15) is 9.18 Å². The molecule has 5 nitrogen and oxygen atoms in total. The Balaban J connectivity index is 1.78. The van der Waals surface area contributed by atoms with Crippen LogP contribution >= 0.6 is 11.8 Å². The fraction of sp³-hybridized carbons (Fsp3) is 0.350. The zero-order valence-electron chi connectivity index (χ0n) is 16.0. The summed E-state index contributed by atoms with van der Waals surface area (Å²) in [5, 5.41) is 7.62. The van der Waals surface area contributed by atoms with Crippen LogP contribution in [0.3, 0.4) is 0 Å². The Morgan fingerprint density at radius 3 is 2.74 bits per heavy atom. The molecule has 0 saturated heterocycles. The number of nitrogens with one attached hydrogen (secondary N) is 1. The molecule has 3 aromatic rings. The van der Waals surface area contributed by atoms with Gasteiger partial charge in [0.2, 0.25) is 5.16 Å². The second-order valence-electron chi connectivity index (χ2n) is 6.58. The molecule has 0 bridgehead atoms. The smallest absolute Gasteiger partial charge is 0.208 e. The number of aromatic nitrogens is 4. The molecule has 0 spiro atoms. The van der Waals surface area contributed by atoms with Crippen molar-refractivity contribution in [2.75, 3.05) is 5.75 Å². The number of nitrogens with zero attached hydrogens (tertiary/aromatic N) is 3. The Morgan fingerprint density at radius 1 is 1.26 bits per heavy atom. The third-order valence-electron chi connectivity index (χ3n) is 4.48. The van der Waals surface area contributed by atoms with Gasteiger partial charge in [-0.05, 0) is 51.0 Å². The molecule has 0 aliphatic carbocycles. The Hall–Kier alpha value is -2.41. The third-order valence-corrected chi connectivity index (χ3v) is 5.32. The molecule has 0 atom stereocenters. The van der Waals surface area contributed by atoms with Crippen LogP contribution in [0.5, 0.6) is 0 Å². The van der Waals surface area contributed by atoms with E-state index >= 15 is 0 Å². The van der Waals surface area contributed by atoms with E-state index in [-0.39, 0.29) is 17.4 Å². The minimum atomic E-state index is -0.254. The molecule has 0 aliphatic rings. The first-order valence-electron chi connectivity index (χ1n) is 8.93. The first-order chi connectivity index (χ1) is 12.9. The van der Waals surface area contributed by atoms with Gasteiger partial charge in [-0.3, -0.25) is 9.89 Å². The average Bonchev–Trinajstić information content (AvgIpc) is 3.20. The maximum atomic E-state index is 14.0. The maximum Gasteiger partial charge on any atom is 0.208 e. The second kappa shape index (κ2) is 8.08. The number of ketones is 1. The predicted molar refractivity (Wildman–Crippen MR) is 105 cm³/mol. The highest BCUT2D eigenvalue weighted by atomic mass is 32.2. The van der Waals surface area contributed by atoms with Crippen molar-refractivity contribution in [3.05, 3.63) is 58.4 Å². The molecule has 3 rings (SSSR count). The number of benzene rings is 1. The van der Waals surface area contributed by atoms with Crippen molar-refractivity contribution in [2.24, 2.45) is 0 Å². The molecule has 0 saturated carbocycles. The number of hydrogen-bond donors (Lipinski definition) is 1. The minimum absolute atomic E-state index is 0.00813. The lowest BCUT2D eigenvalue weighted by atomic mass is 10.2. The number of aromatic amines is 1. The van der Waals surface area contributed by atoms with Gasteiger partial charge in [-0.25, -0.2) is 9.37 Å². The van der Waals surface area contributed by atoms with E-state index in [2.05, 4.69) is 22.1 Å². The van der Waals surface area contributed by atoms with E-state index < -0.39 is 0 Å². The van der Waals surface area contributed by atoms with Crippen LogP contribution in [0, 0.1) is 26.6 Å². The Kier molecular flexibility index (Phi) is 5.79. The van der Waals surface area contributed by atoms with Gasteiger partial charge in [0.15, 0.2) is 5.78 Å². The number of halogens is 1. The van der Waals surface area contributed by atoms with Crippen molar-refractivity contribution in [1.29, 1.82) is 0 Å². The van der Waals surface area contributed by atoms with Crippen molar-refractivity contribution in [2.45, 2.75) is 45.7 Å². The highest BCUT2D eigenvalue weighted by Gasteiger charge is 2.18. The molecule has 2 heterocycles.